The van der Waals surface area contributed by atoms with Crippen molar-refractivity contribution in [3.63, 3.8) is 0 Å². The number of hydrogen-bond acceptors (Lipinski definition) is 3. The van der Waals surface area contributed by atoms with E-state index in [9.17, 15) is 9.59 Å². The van der Waals surface area contributed by atoms with Crippen LogP contribution in [-0.4, -0.2) is 32.9 Å². The van der Waals surface area contributed by atoms with Gasteiger partial charge in [0.05, 0.1) is 17.2 Å². The molecule has 5 nitrogen and oxygen atoms in total. The Labute approximate surface area is 142 Å². The van der Waals surface area contributed by atoms with Gasteiger partial charge >= 0.3 is 0 Å². The second-order valence-electron chi connectivity index (χ2n) is 6.61. The van der Waals surface area contributed by atoms with Crippen molar-refractivity contribution in [3.05, 3.63) is 40.4 Å². The van der Waals surface area contributed by atoms with Crippen LogP contribution in [0.15, 0.2) is 29.3 Å². The molecule has 1 aliphatic heterocycles. The molecule has 0 spiro atoms. The van der Waals surface area contributed by atoms with Gasteiger partial charge in [0.2, 0.25) is 5.91 Å². The number of amides is 1. The van der Waals surface area contributed by atoms with Crippen LogP contribution in [-0.2, 0) is 11.3 Å². The molecule has 1 saturated heterocycles. The van der Waals surface area contributed by atoms with Crippen LogP contribution < -0.4 is 5.56 Å². The van der Waals surface area contributed by atoms with Crippen LogP contribution in [0.4, 0.5) is 0 Å². The molecular weight excluding hydrogens is 302 g/mol. The third kappa shape index (κ3) is 3.21. The van der Waals surface area contributed by atoms with Gasteiger partial charge in [-0.3, -0.25) is 14.2 Å². The van der Waals surface area contributed by atoms with Gasteiger partial charge in [-0.05, 0) is 44.2 Å². The van der Waals surface area contributed by atoms with Crippen molar-refractivity contribution in [1.29, 1.82) is 0 Å². The molecule has 1 unspecified atom stereocenters. The summed E-state index contributed by atoms with van der Waals surface area (Å²) in [5.74, 6) is 0.151. The number of para-hydroxylation sites is 1. The highest BCUT2D eigenvalue weighted by Gasteiger charge is 2.24. The molecule has 128 valence electrons. The zero-order valence-electron chi connectivity index (χ0n) is 14.5. The lowest BCUT2D eigenvalue weighted by molar-refractivity contribution is -0.135. The number of likely N-dealkylation sites (tertiary alicyclic amines) is 1. The molecule has 1 amide bonds. The Morgan fingerprint density at radius 2 is 2.17 bits per heavy atom. The molecule has 3 rings (SSSR count). The summed E-state index contributed by atoms with van der Waals surface area (Å²) in [6, 6.07) is 5.98. The van der Waals surface area contributed by atoms with Crippen molar-refractivity contribution in [2.75, 3.05) is 6.54 Å². The van der Waals surface area contributed by atoms with E-state index in [0.29, 0.717) is 24.4 Å². The van der Waals surface area contributed by atoms with Crippen molar-refractivity contribution >= 4 is 16.8 Å². The molecule has 1 aromatic carbocycles. The zero-order valence-corrected chi connectivity index (χ0v) is 14.5. The van der Waals surface area contributed by atoms with Crippen molar-refractivity contribution in [1.82, 2.24) is 14.5 Å². The summed E-state index contributed by atoms with van der Waals surface area (Å²) in [4.78, 5) is 31.6. The van der Waals surface area contributed by atoms with E-state index in [0.717, 1.165) is 36.9 Å². The standard InChI is InChI=1S/C19H25N3O2/c1-3-15-8-4-5-11-22(15)17(23)10-12-21-13-20-18-14(2)7-6-9-16(18)19(21)24/h6-7,9,13,15H,3-5,8,10-12H2,1-2H3. The van der Waals surface area contributed by atoms with Crippen molar-refractivity contribution in [2.24, 2.45) is 0 Å². The maximum Gasteiger partial charge on any atom is 0.261 e. The minimum atomic E-state index is -0.0674. The topological polar surface area (TPSA) is 55.2 Å². The van der Waals surface area contributed by atoms with Gasteiger partial charge in [-0.1, -0.05) is 19.1 Å². The van der Waals surface area contributed by atoms with Gasteiger partial charge in [0.25, 0.3) is 5.56 Å². The molecular formula is C19H25N3O2. The fourth-order valence-electron chi connectivity index (χ4n) is 3.61. The first-order valence-corrected chi connectivity index (χ1v) is 8.86. The normalized spacial score (nSPS) is 18.1. The van der Waals surface area contributed by atoms with Gasteiger partial charge in [0.1, 0.15) is 0 Å². The molecule has 0 radical (unpaired) electrons. The van der Waals surface area contributed by atoms with Crippen molar-refractivity contribution in [2.45, 2.75) is 58.5 Å². The monoisotopic (exact) mass is 327 g/mol. The van der Waals surface area contributed by atoms with E-state index in [1.807, 2.05) is 24.0 Å². The Hall–Kier alpha value is -2.17. The average Bonchev–Trinajstić information content (AvgIpc) is 2.61. The number of benzene rings is 1. The predicted molar refractivity (Wildman–Crippen MR) is 95.0 cm³/mol. The van der Waals surface area contributed by atoms with Crippen LogP contribution in [0.1, 0.15) is 44.6 Å². The fraction of sp³-hybridized carbons (Fsp3) is 0.526. The second-order valence-corrected chi connectivity index (χ2v) is 6.61. The molecule has 2 heterocycles. The highest BCUT2D eigenvalue weighted by Crippen LogP contribution is 2.20. The number of aromatic nitrogens is 2. The number of rotatable bonds is 4. The van der Waals surface area contributed by atoms with Crippen LogP contribution in [0.3, 0.4) is 0 Å². The van der Waals surface area contributed by atoms with E-state index in [2.05, 4.69) is 11.9 Å². The summed E-state index contributed by atoms with van der Waals surface area (Å²) in [6.45, 7) is 5.32. The molecule has 1 fully saturated rings. The Kier molecular flexibility index (Phi) is 4.97. The maximum absolute atomic E-state index is 12.6. The summed E-state index contributed by atoms with van der Waals surface area (Å²) in [7, 11) is 0. The van der Waals surface area contributed by atoms with Crippen molar-refractivity contribution < 1.29 is 4.79 Å². The van der Waals surface area contributed by atoms with Crippen LogP contribution in [0.25, 0.3) is 10.9 Å². The van der Waals surface area contributed by atoms with E-state index in [1.165, 1.54) is 6.42 Å². The third-order valence-electron chi connectivity index (χ3n) is 5.04. The maximum atomic E-state index is 12.6. The third-order valence-corrected chi connectivity index (χ3v) is 5.04. The first-order valence-electron chi connectivity index (χ1n) is 8.86. The van der Waals surface area contributed by atoms with Gasteiger partial charge in [0, 0.05) is 25.6 Å². The minimum absolute atomic E-state index is 0.0674. The van der Waals surface area contributed by atoms with Gasteiger partial charge in [-0.15, -0.1) is 0 Å². The predicted octanol–water partition coefficient (Wildman–Crippen LogP) is 2.89. The number of nitrogens with zero attached hydrogens (tertiary/aromatic N) is 3. The molecule has 0 aliphatic carbocycles. The Balaban J connectivity index is 1.75. The molecule has 24 heavy (non-hydrogen) atoms. The molecule has 1 atom stereocenters. The second kappa shape index (κ2) is 7.16. The van der Waals surface area contributed by atoms with Crippen LogP contribution in [0.5, 0.6) is 0 Å². The van der Waals surface area contributed by atoms with E-state index >= 15 is 0 Å². The van der Waals surface area contributed by atoms with E-state index in [-0.39, 0.29) is 11.5 Å². The molecule has 2 aromatic rings. The van der Waals surface area contributed by atoms with E-state index in [1.54, 1.807) is 17.0 Å². The average molecular weight is 327 g/mol. The van der Waals surface area contributed by atoms with Gasteiger partial charge in [0.15, 0.2) is 0 Å². The van der Waals surface area contributed by atoms with Crippen LogP contribution in [0.2, 0.25) is 0 Å². The quantitative estimate of drug-likeness (QED) is 0.867. The fourth-order valence-corrected chi connectivity index (χ4v) is 3.61. The van der Waals surface area contributed by atoms with Gasteiger partial charge in [-0.25, -0.2) is 4.98 Å². The summed E-state index contributed by atoms with van der Waals surface area (Å²) in [5.41, 5.74) is 1.67. The number of aryl methyl sites for hydroxylation is 2. The van der Waals surface area contributed by atoms with Gasteiger partial charge in [-0.2, -0.15) is 0 Å². The lowest BCUT2D eigenvalue weighted by Gasteiger charge is -2.35. The molecule has 0 saturated carbocycles. The number of carbonyl (C=O) groups excluding carboxylic acids is 1. The van der Waals surface area contributed by atoms with E-state index in [4.69, 9.17) is 0 Å². The van der Waals surface area contributed by atoms with Gasteiger partial charge < -0.3 is 4.90 Å². The lowest BCUT2D eigenvalue weighted by atomic mass is 9.99. The molecule has 0 bridgehead atoms. The molecule has 1 aromatic heterocycles. The number of fused-ring (bicyclic) bond motifs is 1. The summed E-state index contributed by atoms with van der Waals surface area (Å²) < 4.78 is 1.56. The summed E-state index contributed by atoms with van der Waals surface area (Å²) >= 11 is 0. The lowest BCUT2D eigenvalue weighted by Crippen LogP contribution is -2.43. The summed E-state index contributed by atoms with van der Waals surface area (Å²) in [5, 5.41) is 0.620. The minimum Gasteiger partial charge on any atom is -0.340 e. The number of carbonyl (C=O) groups is 1. The number of piperidine rings is 1. The van der Waals surface area contributed by atoms with Crippen LogP contribution >= 0.6 is 0 Å². The number of hydrogen-bond donors (Lipinski definition) is 0. The SMILES string of the molecule is CCC1CCCCN1C(=O)CCn1cnc2c(C)cccc2c1=O. The Morgan fingerprint density at radius 3 is 2.96 bits per heavy atom. The van der Waals surface area contributed by atoms with Crippen LogP contribution in [0, 0.1) is 6.92 Å². The molecule has 0 N–H and O–H groups in total. The van der Waals surface area contributed by atoms with Crippen molar-refractivity contribution in [3.8, 4) is 0 Å². The Morgan fingerprint density at radius 1 is 1.33 bits per heavy atom. The molecule has 5 heteroatoms. The Bertz CT molecular complexity index is 797. The van der Waals surface area contributed by atoms with E-state index < -0.39 is 0 Å². The smallest absolute Gasteiger partial charge is 0.261 e. The first-order chi connectivity index (χ1) is 11.6. The molecule has 1 aliphatic rings. The first kappa shape index (κ1) is 16.7. The zero-order chi connectivity index (χ0) is 17.1. The largest absolute Gasteiger partial charge is 0.340 e. The highest BCUT2D eigenvalue weighted by molar-refractivity contribution is 5.80. The summed E-state index contributed by atoms with van der Waals surface area (Å²) in [6.07, 6.45) is 6.31. The highest BCUT2D eigenvalue weighted by atomic mass is 16.2.